The summed E-state index contributed by atoms with van der Waals surface area (Å²) in [6.45, 7) is 9.22. The molecule has 1 fully saturated rings. The number of rotatable bonds is 6. The van der Waals surface area contributed by atoms with Crippen molar-refractivity contribution >= 4 is 22.4 Å². The zero-order valence-electron chi connectivity index (χ0n) is 13.4. The Morgan fingerprint density at radius 2 is 2.29 bits per heavy atom. The zero-order chi connectivity index (χ0) is 15.2. The minimum atomic E-state index is 0.301. The van der Waals surface area contributed by atoms with Crippen LogP contribution in [0.25, 0.3) is 0 Å². The standard InChI is InChI=1S/C16H27N3OS/c1-4-8-17-16-18-10-14(21-16)11-19-9-7-13(12(2)3)5-6-15(19)20/h10,12-13H,4-9,11H2,1-3H3,(H,17,18). The van der Waals surface area contributed by atoms with Crippen molar-refractivity contribution in [1.29, 1.82) is 0 Å². The van der Waals surface area contributed by atoms with E-state index in [9.17, 15) is 4.79 Å². The first-order valence-corrected chi connectivity index (χ1v) is 8.88. The largest absolute Gasteiger partial charge is 0.362 e. The predicted molar refractivity (Wildman–Crippen MR) is 88.5 cm³/mol. The summed E-state index contributed by atoms with van der Waals surface area (Å²) in [5.74, 6) is 1.66. The lowest BCUT2D eigenvalue weighted by Gasteiger charge is -2.21. The number of hydrogen-bond donors (Lipinski definition) is 1. The van der Waals surface area contributed by atoms with Crippen LogP contribution in [0.1, 0.15) is 51.3 Å². The smallest absolute Gasteiger partial charge is 0.222 e. The second-order valence-electron chi connectivity index (χ2n) is 6.21. The minimum Gasteiger partial charge on any atom is -0.362 e. The highest BCUT2D eigenvalue weighted by molar-refractivity contribution is 7.15. The van der Waals surface area contributed by atoms with Gasteiger partial charge in [-0.2, -0.15) is 0 Å². The molecule has 21 heavy (non-hydrogen) atoms. The van der Waals surface area contributed by atoms with Gasteiger partial charge in [0, 0.05) is 30.6 Å². The van der Waals surface area contributed by atoms with Crippen LogP contribution in [0.2, 0.25) is 0 Å². The number of thiazole rings is 1. The van der Waals surface area contributed by atoms with Crippen molar-refractivity contribution in [3.05, 3.63) is 11.1 Å². The summed E-state index contributed by atoms with van der Waals surface area (Å²) in [7, 11) is 0. The third-order valence-corrected chi connectivity index (χ3v) is 5.16. The van der Waals surface area contributed by atoms with E-state index in [2.05, 4.69) is 31.1 Å². The third kappa shape index (κ3) is 4.70. The van der Waals surface area contributed by atoms with Gasteiger partial charge in [-0.05, 0) is 31.1 Å². The molecule has 2 rings (SSSR count). The van der Waals surface area contributed by atoms with E-state index in [1.165, 1.54) is 4.88 Å². The Morgan fingerprint density at radius 1 is 1.48 bits per heavy atom. The van der Waals surface area contributed by atoms with Gasteiger partial charge in [-0.1, -0.05) is 20.8 Å². The van der Waals surface area contributed by atoms with Gasteiger partial charge in [-0.25, -0.2) is 4.98 Å². The average Bonchev–Trinajstić information content (AvgIpc) is 2.82. The summed E-state index contributed by atoms with van der Waals surface area (Å²) < 4.78 is 0. The highest BCUT2D eigenvalue weighted by Gasteiger charge is 2.24. The van der Waals surface area contributed by atoms with Crippen molar-refractivity contribution in [3.63, 3.8) is 0 Å². The van der Waals surface area contributed by atoms with Crippen molar-refractivity contribution in [1.82, 2.24) is 9.88 Å². The Labute approximate surface area is 132 Å². The van der Waals surface area contributed by atoms with Crippen LogP contribution in [0.5, 0.6) is 0 Å². The molecule has 0 radical (unpaired) electrons. The monoisotopic (exact) mass is 309 g/mol. The number of aromatic nitrogens is 1. The maximum Gasteiger partial charge on any atom is 0.222 e. The summed E-state index contributed by atoms with van der Waals surface area (Å²) in [5, 5.41) is 4.27. The van der Waals surface area contributed by atoms with E-state index >= 15 is 0 Å². The summed E-state index contributed by atoms with van der Waals surface area (Å²) in [6, 6.07) is 0. The molecule has 118 valence electrons. The van der Waals surface area contributed by atoms with Gasteiger partial charge >= 0.3 is 0 Å². The fourth-order valence-electron chi connectivity index (χ4n) is 2.77. The van der Waals surface area contributed by atoms with Crippen LogP contribution < -0.4 is 5.32 Å². The molecule has 1 aromatic heterocycles. The topological polar surface area (TPSA) is 45.2 Å². The lowest BCUT2D eigenvalue weighted by atomic mass is 9.89. The van der Waals surface area contributed by atoms with Gasteiger partial charge in [0.05, 0.1) is 6.54 Å². The first-order valence-electron chi connectivity index (χ1n) is 8.06. The molecule has 1 aliphatic rings. The first-order chi connectivity index (χ1) is 10.1. The Morgan fingerprint density at radius 3 is 3.00 bits per heavy atom. The fourth-order valence-corrected chi connectivity index (χ4v) is 3.63. The minimum absolute atomic E-state index is 0.301. The van der Waals surface area contributed by atoms with Gasteiger partial charge in [0.25, 0.3) is 0 Å². The van der Waals surface area contributed by atoms with Gasteiger partial charge < -0.3 is 10.2 Å². The molecule has 1 aromatic rings. The zero-order valence-corrected chi connectivity index (χ0v) is 14.2. The number of amides is 1. The lowest BCUT2D eigenvalue weighted by Crippen LogP contribution is -2.29. The molecule has 2 heterocycles. The fraction of sp³-hybridized carbons (Fsp3) is 0.750. The molecule has 1 atom stereocenters. The van der Waals surface area contributed by atoms with Gasteiger partial charge in [0.2, 0.25) is 5.91 Å². The Balaban J connectivity index is 1.92. The normalized spacial score (nSPS) is 19.9. The second kappa shape index (κ2) is 7.78. The van der Waals surface area contributed by atoms with Gasteiger partial charge in [-0.3, -0.25) is 4.79 Å². The average molecular weight is 309 g/mol. The molecule has 0 spiro atoms. The van der Waals surface area contributed by atoms with Crippen molar-refractivity contribution < 1.29 is 4.79 Å². The maximum absolute atomic E-state index is 12.3. The molecule has 0 saturated carbocycles. The molecule has 1 amide bonds. The quantitative estimate of drug-likeness (QED) is 0.870. The van der Waals surface area contributed by atoms with Crippen LogP contribution in [0.3, 0.4) is 0 Å². The number of hydrogen-bond acceptors (Lipinski definition) is 4. The third-order valence-electron chi connectivity index (χ3n) is 4.22. The maximum atomic E-state index is 12.3. The van der Waals surface area contributed by atoms with Crippen molar-refractivity contribution in [3.8, 4) is 0 Å². The molecular formula is C16H27N3OS. The van der Waals surface area contributed by atoms with Crippen LogP contribution in [-0.4, -0.2) is 28.9 Å². The Hall–Kier alpha value is -1.10. The molecular weight excluding hydrogens is 282 g/mol. The van der Waals surface area contributed by atoms with E-state index in [0.717, 1.165) is 44.0 Å². The first kappa shape index (κ1) is 16.3. The molecule has 1 saturated heterocycles. The van der Waals surface area contributed by atoms with Crippen LogP contribution >= 0.6 is 11.3 Å². The predicted octanol–water partition coefficient (Wildman–Crippen LogP) is 3.75. The van der Waals surface area contributed by atoms with Gasteiger partial charge in [0.1, 0.15) is 0 Å². The van der Waals surface area contributed by atoms with E-state index in [-0.39, 0.29) is 0 Å². The number of likely N-dealkylation sites (tertiary alicyclic amines) is 1. The van der Waals surface area contributed by atoms with E-state index < -0.39 is 0 Å². The number of nitrogens with one attached hydrogen (secondary N) is 1. The number of anilines is 1. The van der Waals surface area contributed by atoms with E-state index in [4.69, 9.17) is 0 Å². The van der Waals surface area contributed by atoms with Crippen molar-refractivity contribution in [2.75, 3.05) is 18.4 Å². The van der Waals surface area contributed by atoms with Crippen LogP contribution in [0.15, 0.2) is 6.20 Å². The molecule has 4 nitrogen and oxygen atoms in total. The number of carbonyl (C=O) groups excluding carboxylic acids is 1. The summed E-state index contributed by atoms with van der Waals surface area (Å²) >= 11 is 1.67. The van der Waals surface area contributed by atoms with E-state index in [1.807, 2.05) is 11.1 Å². The molecule has 5 heteroatoms. The van der Waals surface area contributed by atoms with E-state index in [1.54, 1.807) is 11.3 Å². The summed E-state index contributed by atoms with van der Waals surface area (Å²) in [5.41, 5.74) is 0. The number of carbonyl (C=O) groups is 1. The van der Waals surface area contributed by atoms with Crippen molar-refractivity contribution in [2.24, 2.45) is 11.8 Å². The SMILES string of the molecule is CCCNc1ncc(CN2CCC(C(C)C)CCC2=O)s1. The number of nitrogens with zero attached hydrogens (tertiary/aromatic N) is 2. The Kier molecular flexibility index (Phi) is 6.03. The van der Waals surface area contributed by atoms with E-state index in [0.29, 0.717) is 24.2 Å². The lowest BCUT2D eigenvalue weighted by molar-refractivity contribution is -0.131. The second-order valence-corrected chi connectivity index (χ2v) is 7.32. The van der Waals surface area contributed by atoms with Crippen LogP contribution in [0.4, 0.5) is 5.13 Å². The molecule has 1 unspecified atom stereocenters. The van der Waals surface area contributed by atoms with Gasteiger partial charge in [0.15, 0.2) is 5.13 Å². The molecule has 1 aliphatic heterocycles. The molecule has 0 bridgehead atoms. The molecule has 0 aliphatic carbocycles. The summed E-state index contributed by atoms with van der Waals surface area (Å²) in [4.78, 5) is 19.8. The van der Waals surface area contributed by atoms with Crippen LogP contribution in [0, 0.1) is 11.8 Å². The highest BCUT2D eigenvalue weighted by Crippen LogP contribution is 2.27. The van der Waals surface area contributed by atoms with Crippen LogP contribution in [-0.2, 0) is 11.3 Å². The highest BCUT2D eigenvalue weighted by atomic mass is 32.1. The van der Waals surface area contributed by atoms with Gasteiger partial charge in [-0.15, -0.1) is 11.3 Å². The Bertz CT molecular complexity index is 458. The summed E-state index contributed by atoms with van der Waals surface area (Å²) in [6.07, 6.45) is 5.86. The molecule has 1 N–H and O–H groups in total. The van der Waals surface area contributed by atoms with Crippen molar-refractivity contribution in [2.45, 2.75) is 53.0 Å². The molecule has 0 aromatic carbocycles.